The van der Waals surface area contributed by atoms with E-state index in [2.05, 4.69) is 14.7 Å². The number of nitrogens with zero attached hydrogens (tertiary/aromatic N) is 4. The summed E-state index contributed by atoms with van der Waals surface area (Å²) in [7, 11) is 0. The molecule has 14 heavy (non-hydrogen) atoms. The summed E-state index contributed by atoms with van der Waals surface area (Å²) < 4.78 is 5.60. The van der Waals surface area contributed by atoms with Gasteiger partial charge in [0.05, 0.1) is 11.7 Å². The molecule has 0 unspecified atom stereocenters. The summed E-state index contributed by atoms with van der Waals surface area (Å²) in [5, 5.41) is 10.2. The van der Waals surface area contributed by atoms with Gasteiger partial charge in [0.25, 0.3) is 0 Å². The summed E-state index contributed by atoms with van der Waals surface area (Å²) in [5.74, 6) is 0. The zero-order valence-electron chi connectivity index (χ0n) is 7.16. The molecular weight excluding hydrogens is 196 g/mol. The lowest BCUT2D eigenvalue weighted by molar-refractivity contribution is 0.910. The second-order valence-corrected chi connectivity index (χ2v) is 3.65. The Morgan fingerprint density at radius 3 is 2.93 bits per heavy atom. The number of fused-ring (bicyclic) bond motifs is 1. The second-order valence-electron chi connectivity index (χ2n) is 2.89. The molecule has 0 aliphatic heterocycles. The Bertz CT molecular complexity index is 522. The predicted octanol–water partition coefficient (Wildman–Crippen LogP) is 1.88. The SMILES string of the molecule is c1ccc2nn(-c3cnns3)cc2c1. The van der Waals surface area contributed by atoms with Gasteiger partial charge in [0, 0.05) is 23.1 Å². The molecule has 2 heterocycles. The fourth-order valence-corrected chi connectivity index (χ4v) is 1.79. The van der Waals surface area contributed by atoms with Gasteiger partial charge in [0.15, 0.2) is 5.00 Å². The van der Waals surface area contributed by atoms with E-state index in [1.54, 1.807) is 10.9 Å². The Kier molecular flexibility index (Phi) is 1.57. The zero-order valence-corrected chi connectivity index (χ0v) is 7.98. The molecule has 0 atom stereocenters. The van der Waals surface area contributed by atoms with Crippen LogP contribution in [0.1, 0.15) is 0 Å². The minimum Gasteiger partial charge on any atom is -0.226 e. The van der Waals surface area contributed by atoms with Crippen molar-refractivity contribution in [2.75, 3.05) is 0 Å². The van der Waals surface area contributed by atoms with Gasteiger partial charge in [-0.3, -0.25) is 0 Å². The highest BCUT2D eigenvalue weighted by Gasteiger charge is 2.02. The molecule has 0 amide bonds. The van der Waals surface area contributed by atoms with Crippen molar-refractivity contribution in [3.63, 3.8) is 0 Å². The number of benzene rings is 1. The third-order valence-corrected chi connectivity index (χ3v) is 2.64. The molecule has 0 bridgehead atoms. The summed E-state index contributed by atoms with van der Waals surface area (Å²) in [5.41, 5.74) is 0.987. The molecule has 1 aromatic carbocycles. The van der Waals surface area contributed by atoms with Gasteiger partial charge in [-0.25, -0.2) is 4.68 Å². The molecule has 3 aromatic rings. The van der Waals surface area contributed by atoms with Crippen molar-refractivity contribution in [3.8, 4) is 5.00 Å². The van der Waals surface area contributed by atoms with E-state index in [9.17, 15) is 0 Å². The third-order valence-electron chi connectivity index (χ3n) is 1.99. The molecule has 5 heteroatoms. The highest BCUT2D eigenvalue weighted by atomic mass is 32.1. The maximum absolute atomic E-state index is 4.40. The molecule has 3 rings (SSSR count). The quantitative estimate of drug-likeness (QED) is 0.605. The van der Waals surface area contributed by atoms with Gasteiger partial charge in [-0.1, -0.05) is 22.7 Å². The van der Waals surface area contributed by atoms with Crippen LogP contribution in [-0.4, -0.2) is 19.4 Å². The van der Waals surface area contributed by atoms with Crippen LogP contribution in [0.4, 0.5) is 0 Å². The van der Waals surface area contributed by atoms with Crippen LogP contribution < -0.4 is 0 Å². The molecule has 0 aliphatic carbocycles. The van der Waals surface area contributed by atoms with Crippen molar-refractivity contribution >= 4 is 22.4 Å². The average molecular weight is 202 g/mol. The minimum atomic E-state index is 0.932. The van der Waals surface area contributed by atoms with Gasteiger partial charge < -0.3 is 0 Å². The van der Waals surface area contributed by atoms with Crippen molar-refractivity contribution in [3.05, 3.63) is 36.7 Å². The number of hydrogen-bond donors (Lipinski definition) is 0. The maximum Gasteiger partial charge on any atom is 0.158 e. The van der Waals surface area contributed by atoms with Gasteiger partial charge in [-0.15, -0.1) is 5.10 Å². The van der Waals surface area contributed by atoms with E-state index in [1.165, 1.54) is 11.5 Å². The van der Waals surface area contributed by atoms with Crippen LogP contribution in [0, 0.1) is 0 Å². The van der Waals surface area contributed by atoms with Crippen LogP contribution in [0.25, 0.3) is 15.9 Å². The molecule has 0 saturated carbocycles. The Hall–Kier alpha value is -1.75. The molecule has 0 N–H and O–H groups in total. The van der Waals surface area contributed by atoms with Gasteiger partial charge in [0.1, 0.15) is 0 Å². The number of hydrogen-bond acceptors (Lipinski definition) is 4. The summed E-state index contributed by atoms with van der Waals surface area (Å²) in [6.07, 6.45) is 3.68. The van der Waals surface area contributed by atoms with Crippen molar-refractivity contribution in [1.82, 2.24) is 19.4 Å². The second kappa shape index (κ2) is 2.88. The molecule has 0 saturated heterocycles. The van der Waals surface area contributed by atoms with Crippen LogP contribution in [0.5, 0.6) is 0 Å². The van der Waals surface area contributed by atoms with E-state index in [0.717, 1.165) is 15.9 Å². The standard InChI is InChI=1S/C9H6N4S/c1-2-4-8-7(3-1)6-13(11-8)9-5-10-12-14-9/h1-6H. The van der Waals surface area contributed by atoms with E-state index in [0.29, 0.717) is 0 Å². The van der Waals surface area contributed by atoms with E-state index in [1.807, 2.05) is 30.5 Å². The topological polar surface area (TPSA) is 43.6 Å². The fraction of sp³-hybridized carbons (Fsp3) is 0. The first kappa shape index (κ1) is 7.64. The molecule has 0 radical (unpaired) electrons. The van der Waals surface area contributed by atoms with Gasteiger partial charge in [-0.2, -0.15) is 5.10 Å². The highest BCUT2D eigenvalue weighted by Crippen LogP contribution is 2.15. The number of aromatic nitrogens is 4. The van der Waals surface area contributed by atoms with Crippen molar-refractivity contribution in [2.24, 2.45) is 0 Å². The summed E-state index contributed by atoms with van der Waals surface area (Å²) in [6, 6.07) is 8.00. The van der Waals surface area contributed by atoms with Crippen LogP contribution in [-0.2, 0) is 0 Å². The molecule has 0 fully saturated rings. The molecule has 68 valence electrons. The molecule has 4 nitrogen and oxygen atoms in total. The Balaban J connectivity index is 2.24. The lowest BCUT2D eigenvalue weighted by Gasteiger charge is -1.89. The average Bonchev–Trinajstić information content (AvgIpc) is 2.86. The van der Waals surface area contributed by atoms with Crippen LogP contribution >= 0.6 is 11.5 Å². The van der Waals surface area contributed by atoms with Gasteiger partial charge in [0.2, 0.25) is 0 Å². The van der Waals surface area contributed by atoms with Crippen LogP contribution in [0.2, 0.25) is 0 Å². The van der Waals surface area contributed by atoms with Gasteiger partial charge in [-0.05, 0) is 6.07 Å². The molecule has 0 aliphatic rings. The van der Waals surface area contributed by atoms with Crippen LogP contribution in [0.15, 0.2) is 36.7 Å². The molecule has 0 spiro atoms. The molecular formula is C9H6N4S. The highest BCUT2D eigenvalue weighted by molar-refractivity contribution is 7.08. The maximum atomic E-state index is 4.40. The first-order chi connectivity index (χ1) is 6.93. The summed E-state index contributed by atoms with van der Waals surface area (Å²) in [4.78, 5) is 0. The van der Waals surface area contributed by atoms with Crippen LogP contribution in [0.3, 0.4) is 0 Å². The van der Waals surface area contributed by atoms with Gasteiger partial charge >= 0.3 is 0 Å². The Labute approximate surface area is 84.0 Å². The lowest BCUT2D eigenvalue weighted by Crippen LogP contribution is -1.89. The largest absolute Gasteiger partial charge is 0.226 e. The Morgan fingerprint density at radius 2 is 2.14 bits per heavy atom. The first-order valence-corrected chi connectivity index (χ1v) is 4.93. The number of rotatable bonds is 1. The van der Waals surface area contributed by atoms with E-state index < -0.39 is 0 Å². The lowest BCUT2D eigenvalue weighted by atomic mass is 10.3. The smallest absolute Gasteiger partial charge is 0.158 e. The monoisotopic (exact) mass is 202 g/mol. The van der Waals surface area contributed by atoms with E-state index in [4.69, 9.17) is 0 Å². The predicted molar refractivity (Wildman–Crippen MR) is 54.5 cm³/mol. The normalized spacial score (nSPS) is 10.9. The first-order valence-electron chi connectivity index (χ1n) is 4.16. The van der Waals surface area contributed by atoms with Crippen molar-refractivity contribution in [2.45, 2.75) is 0 Å². The Morgan fingerprint density at radius 1 is 1.21 bits per heavy atom. The van der Waals surface area contributed by atoms with E-state index >= 15 is 0 Å². The zero-order chi connectivity index (χ0) is 9.38. The summed E-state index contributed by atoms with van der Waals surface area (Å²) in [6.45, 7) is 0. The third kappa shape index (κ3) is 1.10. The minimum absolute atomic E-state index is 0.932. The fourth-order valence-electron chi connectivity index (χ4n) is 1.34. The molecule has 2 aromatic heterocycles. The van der Waals surface area contributed by atoms with Crippen molar-refractivity contribution in [1.29, 1.82) is 0 Å². The van der Waals surface area contributed by atoms with Crippen molar-refractivity contribution < 1.29 is 0 Å². The summed E-state index contributed by atoms with van der Waals surface area (Å²) >= 11 is 1.33. The van der Waals surface area contributed by atoms with E-state index in [-0.39, 0.29) is 0 Å².